The second-order valence-corrected chi connectivity index (χ2v) is 7.35. The third-order valence-corrected chi connectivity index (χ3v) is 5.66. The molecule has 2 N–H and O–H groups in total. The van der Waals surface area contributed by atoms with Crippen LogP contribution in [0.4, 0.5) is 5.69 Å². The molecule has 2 amide bonds. The van der Waals surface area contributed by atoms with Crippen LogP contribution < -0.4 is 10.6 Å². The lowest BCUT2D eigenvalue weighted by Crippen LogP contribution is -2.31. The van der Waals surface area contributed by atoms with Crippen molar-refractivity contribution >= 4 is 44.0 Å². The number of nitrogens with two attached hydrogens (primary N) is 1. The van der Waals surface area contributed by atoms with E-state index in [1.54, 1.807) is 29.2 Å². The standard InChI is InChI=1S/C22H18BrN3O2/c1-3-16-8-15(5-4-13(16)2)12-26-19-9-14(11-24)6-7-17(19)21(23)18(22(25)28)10-20(26)27/h3-9H,1,10,12H2,2H3,(H2,25,28). The SMILES string of the molecule is C=Cc1cc(CN2C(=O)CC(C(N)=O)=C(Br)c3ccc(C#N)cc32)ccc1C. The minimum absolute atomic E-state index is 0.118. The largest absolute Gasteiger partial charge is 0.366 e. The molecule has 1 aliphatic heterocycles. The molecule has 0 unspecified atom stereocenters. The second kappa shape index (κ2) is 7.83. The first-order chi connectivity index (χ1) is 13.3. The Balaban J connectivity index is 2.14. The van der Waals surface area contributed by atoms with Gasteiger partial charge in [0.25, 0.3) is 0 Å². The summed E-state index contributed by atoms with van der Waals surface area (Å²) in [6.07, 6.45) is 1.65. The Hall–Kier alpha value is -3.17. The summed E-state index contributed by atoms with van der Waals surface area (Å²) in [5.41, 5.74) is 10.3. The lowest BCUT2D eigenvalue weighted by molar-refractivity contribution is -0.120. The van der Waals surface area contributed by atoms with Crippen LogP contribution in [0.5, 0.6) is 0 Å². The molecule has 0 atom stereocenters. The minimum Gasteiger partial charge on any atom is -0.366 e. The summed E-state index contributed by atoms with van der Waals surface area (Å²) in [6, 6.07) is 13.0. The Morgan fingerprint density at radius 1 is 1.36 bits per heavy atom. The third-order valence-electron chi connectivity index (χ3n) is 4.75. The molecule has 2 aromatic carbocycles. The molecule has 3 rings (SSSR count). The Morgan fingerprint density at radius 2 is 2.11 bits per heavy atom. The van der Waals surface area contributed by atoms with E-state index in [1.807, 2.05) is 25.1 Å². The second-order valence-electron chi connectivity index (χ2n) is 6.55. The van der Waals surface area contributed by atoms with Crippen LogP contribution >= 0.6 is 15.9 Å². The van der Waals surface area contributed by atoms with Crippen molar-refractivity contribution in [1.82, 2.24) is 0 Å². The van der Waals surface area contributed by atoms with Gasteiger partial charge in [0.1, 0.15) is 0 Å². The van der Waals surface area contributed by atoms with Crippen LogP contribution in [0.1, 0.15) is 34.2 Å². The van der Waals surface area contributed by atoms with E-state index < -0.39 is 5.91 Å². The number of aryl methyl sites for hydroxylation is 1. The van der Waals surface area contributed by atoms with Crippen molar-refractivity contribution in [3.05, 3.63) is 76.4 Å². The molecule has 0 spiro atoms. The van der Waals surface area contributed by atoms with E-state index in [4.69, 9.17) is 5.73 Å². The zero-order valence-corrected chi connectivity index (χ0v) is 16.9. The highest BCUT2D eigenvalue weighted by Crippen LogP contribution is 2.39. The van der Waals surface area contributed by atoms with Crippen LogP contribution in [0.2, 0.25) is 0 Å². The molecule has 0 saturated heterocycles. The van der Waals surface area contributed by atoms with E-state index >= 15 is 0 Å². The van der Waals surface area contributed by atoms with Gasteiger partial charge in [0.2, 0.25) is 11.8 Å². The smallest absolute Gasteiger partial charge is 0.246 e. The average Bonchev–Trinajstić information content (AvgIpc) is 2.79. The molecule has 0 fully saturated rings. The van der Waals surface area contributed by atoms with Crippen molar-refractivity contribution in [2.24, 2.45) is 5.73 Å². The monoisotopic (exact) mass is 435 g/mol. The van der Waals surface area contributed by atoms with Crippen molar-refractivity contribution in [2.45, 2.75) is 19.9 Å². The number of carbonyl (C=O) groups excluding carboxylic acids is 2. The number of nitriles is 1. The number of amides is 2. The maximum atomic E-state index is 13.0. The van der Waals surface area contributed by atoms with Gasteiger partial charge in [-0.05, 0) is 57.7 Å². The van der Waals surface area contributed by atoms with E-state index in [0.29, 0.717) is 27.8 Å². The van der Waals surface area contributed by atoms with Crippen LogP contribution in [0, 0.1) is 18.3 Å². The molecule has 1 aliphatic rings. The van der Waals surface area contributed by atoms with Crippen LogP contribution in [-0.4, -0.2) is 11.8 Å². The third kappa shape index (κ3) is 3.62. The topological polar surface area (TPSA) is 87.2 Å². The fraction of sp³-hybridized carbons (Fsp3) is 0.136. The van der Waals surface area contributed by atoms with Crippen molar-refractivity contribution in [3.8, 4) is 6.07 Å². The highest BCUT2D eigenvalue weighted by molar-refractivity contribution is 9.15. The van der Waals surface area contributed by atoms with Crippen molar-refractivity contribution in [2.75, 3.05) is 4.90 Å². The Morgan fingerprint density at radius 3 is 2.75 bits per heavy atom. The number of carbonyl (C=O) groups is 2. The first kappa shape index (κ1) is 19.6. The van der Waals surface area contributed by atoms with E-state index in [0.717, 1.165) is 16.7 Å². The fourth-order valence-electron chi connectivity index (χ4n) is 3.19. The Labute approximate surface area is 171 Å². The summed E-state index contributed by atoms with van der Waals surface area (Å²) in [7, 11) is 0. The molecule has 140 valence electrons. The molecule has 0 aliphatic carbocycles. The lowest BCUT2D eigenvalue weighted by atomic mass is 10.0. The Kier molecular flexibility index (Phi) is 5.48. The van der Waals surface area contributed by atoms with Crippen LogP contribution in [0.15, 0.2) is 48.6 Å². The summed E-state index contributed by atoms with van der Waals surface area (Å²) in [4.78, 5) is 26.5. The lowest BCUT2D eigenvalue weighted by Gasteiger charge is -2.24. The number of anilines is 1. The van der Waals surface area contributed by atoms with Gasteiger partial charge in [-0.25, -0.2) is 0 Å². The number of fused-ring (bicyclic) bond motifs is 1. The first-order valence-electron chi connectivity index (χ1n) is 8.61. The molecule has 2 aromatic rings. The van der Waals surface area contributed by atoms with Gasteiger partial charge < -0.3 is 10.6 Å². The number of nitrogens with zero attached hydrogens (tertiary/aromatic N) is 2. The molecule has 1 heterocycles. The van der Waals surface area contributed by atoms with Crippen LogP contribution in [0.3, 0.4) is 0 Å². The predicted octanol–water partition coefficient (Wildman–Crippen LogP) is 4.04. The fourth-order valence-corrected chi connectivity index (χ4v) is 3.86. The van der Waals surface area contributed by atoms with Gasteiger partial charge in [0, 0.05) is 15.6 Å². The van der Waals surface area contributed by atoms with Gasteiger partial charge in [-0.3, -0.25) is 9.59 Å². The van der Waals surface area contributed by atoms with Gasteiger partial charge >= 0.3 is 0 Å². The van der Waals surface area contributed by atoms with E-state index in [9.17, 15) is 14.9 Å². The summed E-state index contributed by atoms with van der Waals surface area (Å²) in [5.74, 6) is -0.915. The zero-order valence-electron chi connectivity index (χ0n) is 15.3. The molecule has 5 nitrogen and oxygen atoms in total. The molecular weight excluding hydrogens is 418 g/mol. The normalized spacial score (nSPS) is 13.6. The van der Waals surface area contributed by atoms with Crippen LogP contribution in [-0.2, 0) is 16.1 Å². The molecule has 6 heteroatoms. The molecule has 0 saturated carbocycles. The van der Waals surface area contributed by atoms with Gasteiger partial charge in [0.15, 0.2) is 0 Å². The minimum atomic E-state index is -0.651. The van der Waals surface area contributed by atoms with Gasteiger partial charge in [0.05, 0.1) is 30.3 Å². The summed E-state index contributed by atoms with van der Waals surface area (Å²) >= 11 is 3.43. The first-order valence-corrected chi connectivity index (χ1v) is 9.40. The predicted molar refractivity (Wildman–Crippen MR) is 113 cm³/mol. The molecular formula is C22H18BrN3O2. The van der Waals surface area contributed by atoms with Gasteiger partial charge in [-0.2, -0.15) is 5.26 Å². The van der Waals surface area contributed by atoms with E-state index in [-0.39, 0.29) is 17.9 Å². The zero-order chi connectivity index (χ0) is 20.4. The summed E-state index contributed by atoms with van der Waals surface area (Å²) in [6.45, 7) is 6.12. The highest BCUT2D eigenvalue weighted by atomic mass is 79.9. The quantitative estimate of drug-likeness (QED) is 0.785. The Bertz CT molecular complexity index is 1080. The van der Waals surface area contributed by atoms with Gasteiger partial charge in [-0.15, -0.1) is 0 Å². The summed E-state index contributed by atoms with van der Waals surface area (Å²) in [5, 5.41) is 9.29. The van der Waals surface area contributed by atoms with Crippen molar-refractivity contribution in [3.63, 3.8) is 0 Å². The van der Waals surface area contributed by atoms with E-state index in [1.165, 1.54) is 0 Å². The van der Waals surface area contributed by atoms with Crippen molar-refractivity contribution < 1.29 is 9.59 Å². The maximum absolute atomic E-state index is 13.0. The maximum Gasteiger partial charge on any atom is 0.246 e. The summed E-state index contributed by atoms with van der Waals surface area (Å²) < 4.78 is 0.478. The number of halogens is 1. The molecule has 0 bridgehead atoms. The number of hydrogen-bond acceptors (Lipinski definition) is 3. The van der Waals surface area contributed by atoms with Gasteiger partial charge in [-0.1, -0.05) is 30.9 Å². The number of rotatable bonds is 4. The number of benzene rings is 2. The van der Waals surface area contributed by atoms with Crippen molar-refractivity contribution in [1.29, 1.82) is 5.26 Å². The van der Waals surface area contributed by atoms with Crippen LogP contribution in [0.25, 0.3) is 10.6 Å². The molecule has 0 radical (unpaired) electrons. The van der Waals surface area contributed by atoms with E-state index in [2.05, 4.69) is 28.6 Å². The molecule has 28 heavy (non-hydrogen) atoms. The number of primary amides is 1. The number of hydrogen-bond donors (Lipinski definition) is 1. The molecule has 0 aromatic heterocycles. The highest BCUT2D eigenvalue weighted by Gasteiger charge is 2.29. The average molecular weight is 436 g/mol.